The standard InChI is InChI=1S/C17H15N2O.HI/c1-18-9-3-4-17-16(18)8-7-15-14-10-13(20-2)6-5-12(14)11-19(15)17;/h3-11H,1-2H3;1H/q+1;/p-1. The van der Waals surface area contributed by atoms with Crippen molar-refractivity contribution in [1.82, 2.24) is 4.40 Å². The SMILES string of the molecule is COc1ccc2cn3c(ccc4c3ccc[n+]4C)c2c1.[I-]. The Labute approximate surface area is 139 Å². The van der Waals surface area contributed by atoms with Gasteiger partial charge in [-0.3, -0.25) is 0 Å². The Bertz CT molecular complexity index is 959. The van der Waals surface area contributed by atoms with E-state index in [1.54, 1.807) is 7.11 Å². The first kappa shape index (κ1) is 14.1. The molecule has 0 atom stereocenters. The Hall–Kier alpha value is -1.82. The van der Waals surface area contributed by atoms with Gasteiger partial charge in [0.1, 0.15) is 18.3 Å². The van der Waals surface area contributed by atoms with Gasteiger partial charge in [0.2, 0.25) is 5.52 Å². The first-order chi connectivity index (χ1) is 9.78. The average molecular weight is 390 g/mol. The maximum atomic E-state index is 5.33. The minimum Gasteiger partial charge on any atom is -1.00 e. The van der Waals surface area contributed by atoms with Crippen LogP contribution in [0.2, 0.25) is 0 Å². The first-order valence-electron chi connectivity index (χ1n) is 6.64. The van der Waals surface area contributed by atoms with E-state index >= 15 is 0 Å². The van der Waals surface area contributed by atoms with Crippen LogP contribution in [0, 0.1) is 0 Å². The number of hydrogen-bond acceptors (Lipinski definition) is 1. The molecule has 3 heterocycles. The third-order valence-electron chi connectivity index (χ3n) is 3.93. The van der Waals surface area contributed by atoms with Gasteiger partial charge in [0.25, 0.3) is 0 Å². The highest BCUT2D eigenvalue weighted by Crippen LogP contribution is 2.28. The van der Waals surface area contributed by atoms with Gasteiger partial charge in [-0.05, 0) is 30.3 Å². The molecule has 0 spiro atoms. The predicted molar refractivity (Wildman–Crippen MR) is 80.1 cm³/mol. The van der Waals surface area contributed by atoms with Gasteiger partial charge in [0, 0.05) is 29.1 Å². The zero-order valence-corrected chi connectivity index (χ0v) is 14.0. The summed E-state index contributed by atoms with van der Waals surface area (Å²) in [7, 11) is 3.77. The second kappa shape index (κ2) is 5.18. The van der Waals surface area contributed by atoms with Crippen LogP contribution < -0.4 is 33.3 Å². The van der Waals surface area contributed by atoms with Crippen LogP contribution in [0.1, 0.15) is 0 Å². The summed E-state index contributed by atoms with van der Waals surface area (Å²) in [5.41, 5.74) is 3.63. The number of methoxy groups -OCH3 is 1. The van der Waals surface area contributed by atoms with Crippen LogP contribution in [0.4, 0.5) is 0 Å². The number of halogens is 1. The molecule has 0 bridgehead atoms. The normalized spacial score (nSPS) is 11.0. The van der Waals surface area contributed by atoms with E-state index in [9.17, 15) is 0 Å². The predicted octanol–water partition coefficient (Wildman–Crippen LogP) is 0.0828. The fraction of sp³-hybridized carbons (Fsp3) is 0.118. The van der Waals surface area contributed by atoms with Crippen LogP contribution in [0.25, 0.3) is 27.3 Å². The number of ether oxygens (including phenoxy) is 1. The average Bonchev–Trinajstić information content (AvgIpc) is 2.85. The lowest BCUT2D eigenvalue weighted by molar-refractivity contribution is -0.645. The van der Waals surface area contributed by atoms with Gasteiger partial charge in [-0.15, -0.1) is 0 Å². The fourth-order valence-electron chi connectivity index (χ4n) is 2.88. The Morgan fingerprint density at radius 1 is 1.05 bits per heavy atom. The quantitative estimate of drug-likeness (QED) is 0.333. The third kappa shape index (κ3) is 2.05. The van der Waals surface area contributed by atoms with Crippen molar-refractivity contribution < 1.29 is 33.3 Å². The number of benzene rings is 1. The second-order valence-electron chi connectivity index (χ2n) is 5.06. The Kier molecular flexibility index (Phi) is 3.49. The number of aromatic nitrogens is 2. The van der Waals surface area contributed by atoms with Crippen LogP contribution in [0.3, 0.4) is 0 Å². The van der Waals surface area contributed by atoms with Gasteiger partial charge in [0.05, 0.1) is 12.6 Å². The summed E-state index contributed by atoms with van der Waals surface area (Å²) in [6.07, 6.45) is 4.26. The van der Waals surface area contributed by atoms with Crippen molar-refractivity contribution in [3.8, 4) is 5.75 Å². The molecule has 4 heteroatoms. The number of rotatable bonds is 1. The molecule has 0 saturated heterocycles. The Morgan fingerprint density at radius 2 is 1.90 bits per heavy atom. The molecule has 0 aliphatic heterocycles. The molecular formula is C17H15IN2O. The molecule has 106 valence electrons. The highest BCUT2D eigenvalue weighted by Gasteiger charge is 2.11. The van der Waals surface area contributed by atoms with E-state index in [2.05, 4.69) is 64.8 Å². The van der Waals surface area contributed by atoms with Crippen molar-refractivity contribution in [2.45, 2.75) is 0 Å². The largest absolute Gasteiger partial charge is 1.00 e. The molecule has 1 aromatic carbocycles. The number of aryl methyl sites for hydroxylation is 1. The van der Waals surface area contributed by atoms with Crippen LogP contribution >= 0.6 is 0 Å². The molecule has 0 saturated carbocycles. The fourth-order valence-corrected chi connectivity index (χ4v) is 2.88. The van der Waals surface area contributed by atoms with E-state index in [-0.39, 0.29) is 24.0 Å². The molecule has 4 rings (SSSR count). The maximum absolute atomic E-state index is 5.33. The van der Waals surface area contributed by atoms with Gasteiger partial charge in [-0.2, -0.15) is 4.57 Å². The van der Waals surface area contributed by atoms with Crippen molar-refractivity contribution in [2.75, 3.05) is 7.11 Å². The summed E-state index contributed by atoms with van der Waals surface area (Å²) in [6, 6.07) is 14.8. The highest BCUT2D eigenvalue weighted by atomic mass is 127. The van der Waals surface area contributed by atoms with Crippen LogP contribution in [-0.4, -0.2) is 11.5 Å². The van der Waals surface area contributed by atoms with Gasteiger partial charge in [0.15, 0.2) is 6.20 Å². The van der Waals surface area contributed by atoms with Crippen LogP contribution in [0.5, 0.6) is 5.75 Å². The summed E-state index contributed by atoms with van der Waals surface area (Å²) >= 11 is 0. The number of fused-ring (bicyclic) bond motifs is 5. The highest BCUT2D eigenvalue weighted by molar-refractivity contribution is 6.00. The zero-order chi connectivity index (χ0) is 13.7. The van der Waals surface area contributed by atoms with Crippen LogP contribution in [0.15, 0.2) is 54.9 Å². The smallest absolute Gasteiger partial charge is 0.229 e. The van der Waals surface area contributed by atoms with E-state index in [0.717, 1.165) is 5.75 Å². The lowest BCUT2D eigenvalue weighted by atomic mass is 10.2. The van der Waals surface area contributed by atoms with Crippen LogP contribution in [-0.2, 0) is 7.05 Å². The molecule has 0 fully saturated rings. The first-order valence-corrected chi connectivity index (χ1v) is 6.64. The number of hydrogen-bond donors (Lipinski definition) is 0. The molecular weight excluding hydrogens is 375 g/mol. The molecule has 0 aliphatic carbocycles. The monoisotopic (exact) mass is 390 g/mol. The topological polar surface area (TPSA) is 17.5 Å². The van der Waals surface area contributed by atoms with Gasteiger partial charge < -0.3 is 33.1 Å². The van der Waals surface area contributed by atoms with E-state index in [0.29, 0.717) is 0 Å². The van der Waals surface area contributed by atoms with Gasteiger partial charge in [-0.25, -0.2) is 0 Å². The minimum absolute atomic E-state index is 0. The number of pyridine rings is 2. The summed E-state index contributed by atoms with van der Waals surface area (Å²) in [5, 5.41) is 2.45. The second-order valence-corrected chi connectivity index (χ2v) is 5.06. The molecule has 0 radical (unpaired) electrons. The summed E-state index contributed by atoms with van der Waals surface area (Å²) in [5.74, 6) is 0.893. The molecule has 4 aromatic rings. The summed E-state index contributed by atoms with van der Waals surface area (Å²) in [6.45, 7) is 0. The molecule has 0 unspecified atom stereocenters. The van der Waals surface area contributed by atoms with Gasteiger partial charge in [-0.1, -0.05) is 0 Å². The Morgan fingerprint density at radius 3 is 2.71 bits per heavy atom. The van der Waals surface area contributed by atoms with Crippen molar-refractivity contribution in [1.29, 1.82) is 0 Å². The Balaban J connectivity index is 0.00000132. The third-order valence-corrected chi connectivity index (χ3v) is 3.93. The van der Waals surface area contributed by atoms with Gasteiger partial charge >= 0.3 is 0 Å². The van der Waals surface area contributed by atoms with Crippen molar-refractivity contribution in [3.05, 3.63) is 54.9 Å². The minimum atomic E-state index is 0. The van der Waals surface area contributed by atoms with E-state index in [1.807, 2.05) is 6.07 Å². The van der Waals surface area contributed by atoms with E-state index < -0.39 is 0 Å². The molecule has 3 nitrogen and oxygen atoms in total. The molecule has 0 amide bonds. The van der Waals surface area contributed by atoms with E-state index in [1.165, 1.54) is 27.3 Å². The van der Waals surface area contributed by atoms with Crippen molar-refractivity contribution in [2.24, 2.45) is 7.05 Å². The molecule has 3 aromatic heterocycles. The maximum Gasteiger partial charge on any atom is 0.229 e. The molecule has 21 heavy (non-hydrogen) atoms. The van der Waals surface area contributed by atoms with Crippen molar-refractivity contribution in [3.63, 3.8) is 0 Å². The molecule has 0 N–H and O–H groups in total. The lowest BCUT2D eigenvalue weighted by Gasteiger charge is -2.01. The zero-order valence-electron chi connectivity index (χ0n) is 11.9. The number of nitrogens with zero attached hydrogens (tertiary/aromatic N) is 2. The summed E-state index contributed by atoms with van der Waals surface area (Å²) < 4.78 is 9.72. The summed E-state index contributed by atoms with van der Waals surface area (Å²) in [4.78, 5) is 0. The van der Waals surface area contributed by atoms with Crippen molar-refractivity contribution >= 4 is 27.3 Å². The van der Waals surface area contributed by atoms with E-state index in [4.69, 9.17) is 4.74 Å². The lowest BCUT2D eigenvalue weighted by Crippen LogP contribution is -3.00. The molecule has 0 aliphatic rings.